The smallest absolute Gasteiger partial charge is 0.268 e. The first-order valence-corrected chi connectivity index (χ1v) is 13.9. The van der Waals surface area contributed by atoms with Gasteiger partial charge in [0.15, 0.2) is 5.11 Å². The van der Waals surface area contributed by atoms with Crippen molar-refractivity contribution >= 4 is 79.7 Å². The minimum Gasteiger partial charge on any atom is -0.339 e. The molecule has 1 atom stereocenters. The van der Waals surface area contributed by atoms with Crippen molar-refractivity contribution in [3.05, 3.63) is 95.6 Å². The van der Waals surface area contributed by atoms with Gasteiger partial charge in [0.2, 0.25) is 3.79 Å². The van der Waals surface area contributed by atoms with Gasteiger partial charge in [-0.15, -0.1) is 4.83 Å². The summed E-state index contributed by atoms with van der Waals surface area (Å²) in [5.41, 5.74) is 3.67. The lowest BCUT2D eigenvalue weighted by atomic mass is 10.1. The maximum Gasteiger partial charge on any atom is 0.268 e. The molecule has 3 aromatic carbocycles. The van der Waals surface area contributed by atoms with E-state index >= 15 is 0 Å². The Bertz CT molecular complexity index is 1420. The fourth-order valence-electron chi connectivity index (χ4n) is 3.04. The number of halogens is 3. The number of nitrogens with one attached hydrogen (secondary N) is 5. The first-order chi connectivity index (χ1) is 17.9. The third-order valence-electron chi connectivity index (χ3n) is 4.96. The van der Waals surface area contributed by atoms with Crippen molar-refractivity contribution < 1.29 is 18.0 Å². The zero-order chi connectivity index (χ0) is 27.9. The summed E-state index contributed by atoms with van der Waals surface area (Å²) in [5, 5.41) is 7.97. The number of benzene rings is 3. The zero-order valence-corrected chi connectivity index (χ0v) is 23.6. The van der Waals surface area contributed by atoms with Crippen molar-refractivity contribution in [3.8, 4) is 0 Å². The van der Waals surface area contributed by atoms with E-state index in [-0.39, 0.29) is 21.3 Å². The number of hydrogen-bond acceptors (Lipinski definition) is 5. The van der Waals surface area contributed by atoms with E-state index < -0.39 is 31.8 Å². The van der Waals surface area contributed by atoms with E-state index in [4.69, 9.17) is 47.0 Å². The Kier molecular flexibility index (Phi) is 9.94. The van der Waals surface area contributed by atoms with Crippen LogP contribution in [0.2, 0.25) is 0 Å². The fraction of sp³-hybridized carbons (Fsp3) is 0.125. The third kappa shape index (κ3) is 8.29. The van der Waals surface area contributed by atoms with Crippen LogP contribution in [-0.2, 0) is 10.0 Å². The van der Waals surface area contributed by atoms with Crippen LogP contribution in [0, 0.1) is 6.92 Å². The summed E-state index contributed by atoms with van der Waals surface area (Å²) in [6, 6.07) is 20.6. The monoisotopic (exact) mass is 613 g/mol. The van der Waals surface area contributed by atoms with Gasteiger partial charge in [-0.3, -0.25) is 15.0 Å². The molecule has 0 aromatic heterocycles. The van der Waals surface area contributed by atoms with Gasteiger partial charge in [0.1, 0.15) is 6.17 Å². The molecule has 0 aliphatic heterocycles. The number of carbonyl (C=O) groups is 2. The van der Waals surface area contributed by atoms with Gasteiger partial charge in [0.05, 0.1) is 16.1 Å². The molecule has 0 saturated carbocycles. The standard InChI is InChI=1S/C24H22Cl3N5O4S2/c1-15-11-13-17(14-12-15)38(35,36)32-31-21(34)18-9-5-6-10-19(18)28-23(37)30-22(24(25,26)27)29-20(33)16-7-3-2-4-8-16/h2-14,22,32H,1H3,(H,29,33)(H,31,34)(H2,28,30,37). The Morgan fingerprint density at radius 1 is 0.842 bits per heavy atom. The molecular formula is C24H22Cl3N5O4S2. The maximum absolute atomic E-state index is 12.8. The van der Waals surface area contributed by atoms with Gasteiger partial charge < -0.3 is 16.0 Å². The van der Waals surface area contributed by atoms with E-state index in [1.54, 1.807) is 54.6 Å². The zero-order valence-electron chi connectivity index (χ0n) is 19.7. The van der Waals surface area contributed by atoms with E-state index in [1.807, 2.05) is 6.92 Å². The highest BCUT2D eigenvalue weighted by atomic mass is 35.6. The van der Waals surface area contributed by atoms with Crippen LogP contribution in [0.1, 0.15) is 26.3 Å². The van der Waals surface area contributed by atoms with Gasteiger partial charge in [-0.05, 0) is 55.5 Å². The number of anilines is 1. The van der Waals surface area contributed by atoms with Crippen molar-refractivity contribution in [1.29, 1.82) is 0 Å². The van der Waals surface area contributed by atoms with Gasteiger partial charge in [0.25, 0.3) is 21.8 Å². The molecule has 14 heteroatoms. The van der Waals surface area contributed by atoms with Gasteiger partial charge in [-0.25, -0.2) is 8.42 Å². The molecule has 0 heterocycles. The summed E-state index contributed by atoms with van der Waals surface area (Å²) in [6.07, 6.45) is -1.25. The van der Waals surface area contributed by atoms with E-state index in [1.165, 1.54) is 24.3 Å². The molecule has 3 rings (SSSR count). The normalized spacial score (nSPS) is 12.2. The SMILES string of the molecule is Cc1ccc(S(=O)(=O)NNC(=O)c2ccccc2NC(=S)NC(NC(=O)c2ccccc2)C(Cl)(Cl)Cl)cc1. The maximum atomic E-state index is 12.8. The minimum absolute atomic E-state index is 0.0181. The number of sulfonamides is 1. The van der Waals surface area contributed by atoms with Gasteiger partial charge in [0, 0.05) is 5.56 Å². The number of carbonyl (C=O) groups excluding carboxylic acids is 2. The molecule has 0 fully saturated rings. The predicted molar refractivity (Wildman–Crippen MR) is 153 cm³/mol. The van der Waals surface area contributed by atoms with Gasteiger partial charge >= 0.3 is 0 Å². The second kappa shape index (κ2) is 12.7. The summed E-state index contributed by atoms with van der Waals surface area (Å²) >= 11 is 23.4. The largest absolute Gasteiger partial charge is 0.339 e. The lowest BCUT2D eigenvalue weighted by Crippen LogP contribution is -2.56. The van der Waals surface area contributed by atoms with Crippen molar-refractivity contribution in [1.82, 2.24) is 20.9 Å². The number of thiocarbonyl (C=S) groups is 1. The second-order valence-corrected chi connectivity index (χ2v) is 12.3. The Morgan fingerprint density at radius 3 is 2.08 bits per heavy atom. The van der Waals surface area contributed by atoms with Crippen LogP contribution < -0.4 is 26.2 Å². The highest BCUT2D eigenvalue weighted by Gasteiger charge is 2.35. The quantitative estimate of drug-likeness (QED) is 0.112. The Morgan fingerprint density at radius 2 is 1.45 bits per heavy atom. The molecule has 0 aliphatic rings. The van der Waals surface area contributed by atoms with Crippen LogP contribution in [0.25, 0.3) is 0 Å². The lowest BCUT2D eigenvalue weighted by molar-refractivity contribution is 0.0930. The number of hydrogen-bond donors (Lipinski definition) is 5. The Labute approximate surface area is 240 Å². The molecule has 0 bridgehead atoms. The molecule has 0 aliphatic carbocycles. The van der Waals surface area contributed by atoms with Crippen molar-refractivity contribution in [2.24, 2.45) is 0 Å². The summed E-state index contributed by atoms with van der Waals surface area (Å²) in [6.45, 7) is 1.82. The molecule has 0 spiro atoms. The topological polar surface area (TPSA) is 128 Å². The molecule has 0 radical (unpaired) electrons. The molecule has 9 nitrogen and oxygen atoms in total. The number of aryl methyl sites for hydroxylation is 1. The average Bonchev–Trinajstić information content (AvgIpc) is 2.87. The average molecular weight is 615 g/mol. The Balaban J connectivity index is 1.68. The molecule has 0 saturated heterocycles. The summed E-state index contributed by atoms with van der Waals surface area (Å²) in [7, 11) is -4.01. The van der Waals surface area contributed by atoms with E-state index in [9.17, 15) is 18.0 Å². The van der Waals surface area contributed by atoms with Crippen LogP contribution in [0.5, 0.6) is 0 Å². The number of rotatable bonds is 8. The van der Waals surface area contributed by atoms with Crippen LogP contribution >= 0.6 is 47.0 Å². The van der Waals surface area contributed by atoms with E-state index in [0.29, 0.717) is 5.56 Å². The van der Waals surface area contributed by atoms with Crippen LogP contribution in [0.15, 0.2) is 83.8 Å². The number of amides is 2. The van der Waals surface area contributed by atoms with Crippen molar-refractivity contribution in [3.63, 3.8) is 0 Å². The second-order valence-electron chi connectivity index (χ2n) is 7.83. The molecular weight excluding hydrogens is 593 g/mol. The van der Waals surface area contributed by atoms with Gasteiger partial charge in [-0.1, -0.05) is 82.8 Å². The summed E-state index contributed by atoms with van der Waals surface area (Å²) in [4.78, 5) is 27.4. The first kappa shape index (κ1) is 29.6. The highest BCUT2D eigenvalue weighted by molar-refractivity contribution is 7.89. The number of alkyl halides is 3. The molecule has 5 N–H and O–H groups in total. The van der Waals surface area contributed by atoms with Crippen LogP contribution in [-0.4, -0.2) is 35.3 Å². The van der Waals surface area contributed by atoms with Crippen molar-refractivity contribution in [2.75, 3.05) is 5.32 Å². The molecule has 200 valence electrons. The minimum atomic E-state index is -4.01. The lowest BCUT2D eigenvalue weighted by Gasteiger charge is -2.28. The van der Waals surface area contributed by atoms with E-state index in [0.717, 1.165) is 5.56 Å². The summed E-state index contributed by atoms with van der Waals surface area (Å²) < 4.78 is 23.0. The molecule has 3 aromatic rings. The molecule has 38 heavy (non-hydrogen) atoms. The number of para-hydroxylation sites is 1. The van der Waals surface area contributed by atoms with Gasteiger partial charge in [-0.2, -0.15) is 0 Å². The fourth-order valence-corrected chi connectivity index (χ4v) is 4.43. The van der Waals surface area contributed by atoms with Crippen LogP contribution in [0.3, 0.4) is 0 Å². The predicted octanol–water partition coefficient (Wildman–Crippen LogP) is 4.03. The molecule has 2 amide bonds. The number of hydrazine groups is 1. The highest BCUT2D eigenvalue weighted by Crippen LogP contribution is 2.29. The van der Waals surface area contributed by atoms with E-state index in [2.05, 4.69) is 26.2 Å². The first-order valence-electron chi connectivity index (χ1n) is 10.8. The van der Waals surface area contributed by atoms with Crippen molar-refractivity contribution in [2.45, 2.75) is 21.8 Å². The Hall–Kier alpha value is -2.93. The van der Waals surface area contributed by atoms with Crippen LogP contribution in [0.4, 0.5) is 5.69 Å². The third-order valence-corrected chi connectivity index (χ3v) is 7.10. The molecule has 1 unspecified atom stereocenters. The summed E-state index contributed by atoms with van der Waals surface area (Å²) in [5.74, 6) is -1.28.